The maximum atomic E-state index is 11.1. The SMILES string of the molecule is CC(=O)NC(=O)Cc1ccccc1. The molecule has 0 bridgehead atoms. The number of benzene rings is 1. The van der Waals surface area contributed by atoms with Crippen molar-refractivity contribution in [3.63, 3.8) is 0 Å². The van der Waals surface area contributed by atoms with Crippen LogP contribution in [0.5, 0.6) is 0 Å². The van der Waals surface area contributed by atoms with E-state index in [4.69, 9.17) is 0 Å². The molecule has 2 amide bonds. The lowest BCUT2D eigenvalue weighted by molar-refractivity contribution is -0.128. The van der Waals surface area contributed by atoms with Crippen LogP contribution in [-0.4, -0.2) is 11.8 Å². The van der Waals surface area contributed by atoms with Gasteiger partial charge in [0.05, 0.1) is 6.42 Å². The lowest BCUT2D eigenvalue weighted by Crippen LogP contribution is -2.29. The molecule has 3 nitrogen and oxygen atoms in total. The fourth-order valence-corrected chi connectivity index (χ4v) is 1.02. The predicted octanol–water partition coefficient (Wildman–Crippen LogP) is 0.892. The second kappa shape index (κ2) is 4.40. The van der Waals surface area contributed by atoms with Crippen molar-refractivity contribution in [2.75, 3.05) is 0 Å². The molecule has 1 aromatic carbocycles. The van der Waals surface area contributed by atoms with Crippen LogP contribution < -0.4 is 5.32 Å². The van der Waals surface area contributed by atoms with E-state index in [1.54, 1.807) is 0 Å². The van der Waals surface area contributed by atoms with Gasteiger partial charge in [-0.25, -0.2) is 0 Å². The third kappa shape index (κ3) is 3.51. The van der Waals surface area contributed by atoms with Crippen molar-refractivity contribution >= 4 is 11.8 Å². The van der Waals surface area contributed by atoms with Gasteiger partial charge in [0, 0.05) is 6.92 Å². The minimum atomic E-state index is -0.319. The van der Waals surface area contributed by atoms with Gasteiger partial charge in [-0.2, -0.15) is 0 Å². The molecule has 0 saturated carbocycles. The summed E-state index contributed by atoms with van der Waals surface area (Å²) < 4.78 is 0. The van der Waals surface area contributed by atoms with Crippen LogP contribution in [0, 0.1) is 0 Å². The van der Waals surface area contributed by atoms with Crippen molar-refractivity contribution in [1.29, 1.82) is 0 Å². The molecule has 1 rings (SSSR count). The molecular formula is C10H11NO2. The van der Waals surface area contributed by atoms with Gasteiger partial charge in [0.2, 0.25) is 11.8 Å². The zero-order chi connectivity index (χ0) is 9.68. The highest BCUT2D eigenvalue weighted by Gasteiger charge is 2.03. The molecule has 1 aromatic rings. The van der Waals surface area contributed by atoms with E-state index in [1.165, 1.54) is 6.92 Å². The molecule has 13 heavy (non-hydrogen) atoms. The lowest BCUT2D eigenvalue weighted by Gasteiger charge is -2.00. The van der Waals surface area contributed by atoms with Crippen molar-refractivity contribution in [2.24, 2.45) is 0 Å². The Bertz CT molecular complexity index is 306. The predicted molar refractivity (Wildman–Crippen MR) is 49.0 cm³/mol. The molecule has 0 saturated heterocycles. The van der Waals surface area contributed by atoms with E-state index in [0.29, 0.717) is 0 Å². The van der Waals surface area contributed by atoms with E-state index in [0.717, 1.165) is 5.56 Å². The van der Waals surface area contributed by atoms with E-state index < -0.39 is 0 Å². The summed E-state index contributed by atoms with van der Waals surface area (Å²) in [6, 6.07) is 9.29. The van der Waals surface area contributed by atoms with Crippen LogP contribution in [0.3, 0.4) is 0 Å². The summed E-state index contributed by atoms with van der Waals surface area (Å²) in [7, 11) is 0. The minimum absolute atomic E-state index is 0.250. The molecule has 0 aromatic heterocycles. The first-order valence-electron chi connectivity index (χ1n) is 4.03. The third-order valence-electron chi connectivity index (χ3n) is 1.52. The summed E-state index contributed by atoms with van der Waals surface area (Å²) >= 11 is 0. The number of rotatable bonds is 2. The molecule has 0 fully saturated rings. The normalized spacial score (nSPS) is 9.31. The van der Waals surface area contributed by atoms with E-state index in [2.05, 4.69) is 5.32 Å². The molecule has 0 aliphatic carbocycles. The highest BCUT2D eigenvalue weighted by atomic mass is 16.2. The fourth-order valence-electron chi connectivity index (χ4n) is 1.02. The maximum absolute atomic E-state index is 11.1. The summed E-state index contributed by atoms with van der Waals surface area (Å²) in [5, 5.41) is 2.21. The number of imide groups is 1. The van der Waals surface area contributed by atoms with E-state index in [-0.39, 0.29) is 18.2 Å². The Morgan fingerprint density at radius 1 is 1.23 bits per heavy atom. The summed E-state index contributed by atoms with van der Waals surface area (Å²) in [6.07, 6.45) is 0.250. The van der Waals surface area contributed by atoms with Gasteiger partial charge in [-0.1, -0.05) is 30.3 Å². The molecule has 0 aliphatic rings. The van der Waals surface area contributed by atoms with Crippen LogP contribution in [-0.2, 0) is 16.0 Å². The van der Waals surface area contributed by atoms with E-state index in [1.807, 2.05) is 30.3 Å². The Balaban J connectivity index is 2.50. The second-order valence-electron chi connectivity index (χ2n) is 2.77. The van der Waals surface area contributed by atoms with Crippen molar-refractivity contribution in [2.45, 2.75) is 13.3 Å². The zero-order valence-corrected chi connectivity index (χ0v) is 7.41. The van der Waals surface area contributed by atoms with Crippen LogP contribution in [0.15, 0.2) is 30.3 Å². The molecule has 0 radical (unpaired) electrons. The average molecular weight is 177 g/mol. The van der Waals surface area contributed by atoms with Gasteiger partial charge >= 0.3 is 0 Å². The first-order chi connectivity index (χ1) is 6.18. The number of nitrogens with one attached hydrogen (secondary N) is 1. The fraction of sp³-hybridized carbons (Fsp3) is 0.200. The molecule has 0 atom stereocenters. The van der Waals surface area contributed by atoms with Crippen LogP contribution in [0.1, 0.15) is 12.5 Å². The number of hydrogen-bond acceptors (Lipinski definition) is 2. The molecule has 3 heteroatoms. The molecular weight excluding hydrogens is 166 g/mol. The number of carbonyl (C=O) groups excluding carboxylic acids is 2. The van der Waals surface area contributed by atoms with Gasteiger partial charge in [-0.05, 0) is 5.56 Å². The topological polar surface area (TPSA) is 46.2 Å². The van der Waals surface area contributed by atoms with E-state index in [9.17, 15) is 9.59 Å². The Labute approximate surface area is 76.8 Å². The van der Waals surface area contributed by atoms with Gasteiger partial charge in [-0.3, -0.25) is 14.9 Å². The van der Waals surface area contributed by atoms with Gasteiger partial charge in [0.1, 0.15) is 0 Å². The zero-order valence-electron chi connectivity index (χ0n) is 7.41. The maximum Gasteiger partial charge on any atom is 0.230 e. The quantitative estimate of drug-likeness (QED) is 0.729. The first kappa shape index (κ1) is 9.45. The highest BCUT2D eigenvalue weighted by Crippen LogP contribution is 1.98. The molecule has 0 unspecified atom stereocenters. The first-order valence-corrected chi connectivity index (χ1v) is 4.03. The van der Waals surface area contributed by atoms with Crippen molar-refractivity contribution < 1.29 is 9.59 Å². The standard InChI is InChI=1S/C10H11NO2/c1-8(12)11-10(13)7-9-5-3-2-4-6-9/h2-6H,7H2,1H3,(H,11,12,13). The minimum Gasteiger partial charge on any atom is -0.296 e. The smallest absolute Gasteiger partial charge is 0.230 e. The highest BCUT2D eigenvalue weighted by molar-refractivity contribution is 5.94. The van der Waals surface area contributed by atoms with Gasteiger partial charge in [-0.15, -0.1) is 0 Å². The Hall–Kier alpha value is -1.64. The van der Waals surface area contributed by atoms with Crippen molar-refractivity contribution in [3.05, 3.63) is 35.9 Å². The molecule has 0 aliphatic heterocycles. The van der Waals surface area contributed by atoms with Gasteiger partial charge in [0.15, 0.2) is 0 Å². The van der Waals surface area contributed by atoms with Crippen molar-refractivity contribution in [1.82, 2.24) is 5.32 Å². The largest absolute Gasteiger partial charge is 0.296 e. The molecule has 68 valence electrons. The molecule has 0 heterocycles. The summed E-state index contributed by atoms with van der Waals surface area (Å²) in [4.78, 5) is 21.6. The van der Waals surface area contributed by atoms with Crippen LogP contribution in [0.25, 0.3) is 0 Å². The summed E-state index contributed by atoms with van der Waals surface area (Å²) in [5.74, 6) is -0.584. The van der Waals surface area contributed by atoms with Crippen LogP contribution in [0.4, 0.5) is 0 Å². The monoisotopic (exact) mass is 177 g/mol. The second-order valence-corrected chi connectivity index (χ2v) is 2.77. The van der Waals surface area contributed by atoms with Crippen LogP contribution in [0.2, 0.25) is 0 Å². The molecule has 1 N–H and O–H groups in total. The number of hydrogen-bond donors (Lipinski definition) is 1. The number of amides is 2. The van der Waals surface area contributed by atoms with Crippen LogP contribution >= 0.6 is 0 Å². The lowest BCUT2D eigenvalue weighted by atomic mass is 10.1. The third-order valence-corrected chi connectivity index (χ3v) is 1.52. The Kier molecular flexibility index (Phi) is 3.20. The van der Waals surface area contributed by atoms with E-state index >= 15 is 0 Å². The van der Waals surface area contributed by atoms with Crippen molar-refractivity contribution in [3.8, 4) is 0 Å². The number of carbonyl (C=O) groups is 2. The Morgan fingerprint density at radius 2 is 1.85 bits per heavy atom. The van der Waals surface area contributed by atoms with Gasteiger partial charge in [0.25, 0.3) is 0 Å². The Morgan fingerprint density at radius 3 is 2.38 bits per heavy atom. The average Bonchev–Trinajstić information content (AvgIpc) is 2.04. The summed E-state index contributed by atoms with van der Waals surface area (Å²) in [6.45, 7) is 1.32. The molecule has 0 spiro atoms. The summed E-state index contributed by atoms with van der Waals surface area (Å²) in [5.41, 5.74) is 0.904. The van der Waals surface area contributed by atoms with Gasteiger partial charge < -0.3 is 0 Å².